The Morgan fingerprint density at radius 1 is 0.623 bits per heavy atom. The predicted molar refractivity (Wildman–Crippen MR) is 395 cm³/mol. The Hall–Kier alpha value is -11.1. The number of nitro groups is 4. The molecule has 3 aliphatic heterocycles. The number of hydrogen-bond acceptors (Lipinski definition) is 25. The number of alkyl halides is 6. The van der Waals surface area contributed by atoms with E-state index in [1.165, 1.54) is 73.7 Å². The lowest BCUT2D eigenvalue weighted by Crippen LogP contribution is -2.11. The number of benzene rings is 7. The van der Waals surface area contributed by atoms with Crippen LogP contribution in [-0.2, 0) is 12.4 Å². The molecule has 0 saturated heterocycles. The highest BCUT2D eigenvalue weighted by atomic mass is 35.5. The SMILES string of the molecule is CC(=N)c1ccc(O)c([N+](=O)[O-])c1.CCO.CCO.Cl.FC(F)(F)c1cc(N=C=S)ccc1Cl.FC(F)(F)c1cc(Nc2nc3cc(C4=NCCC4)ccc3o2)ccc1Cl.NCCN.O=[N+]([O-])c1cc(C2=NCCC2)ccc1O.O=[N+]([O-])c1cc(C2=NCCC2)ccc1O.[C-]#[N+]c1ccc(O)c([N+](=O)[O-])c1. The van der Waals surface area contributed by atoms with Crippen molar-refractivity contribution in [2.75, 3.05) is 51.3 Å². The summed E-state index contributed by atoms with van der Waals surface area (Å²) in [7, 11) is 0. The molecule has 0 saturated carbocycles. The van der Waals surface area contributed by atoms with Crippen molar-refractivity contribution >= 4 is 133 Å². The monoisotopic (exact) mass is 1560 g/mol. The van der Waals surface area contributed by atoms with Crippen molar-refractivity contribution in [2.45, 2.75) is 71.6 Å². The number of aliphatic hydroxyl groups excluding tert-OH is 2. The minimum atomic E-state index is -4.53. The number of nitrogens with one attached hydrogen (secondary N) is 2. The fraction of sp³-hybridized carbons (Fsp3) is 0.269. The largest absolute Gasteiger partial charge is 0.502 e. The smallest absolute Gasteiger partial charge is 0.417 e. The molecule has 7 aromatic carbocycles. The zero-order chi connectivity index (χ0) is 78.7. The maximum absolute atomic E-state index is 13.0. The summed E-state index contributed by atoms with van der Waals surface area (Å²) in [5.74, 6) is -1.41. The van der Waals surface area contributed by atoms with E-state index in [2.05, 4.69) is 47.3 Å². The number of aliphatic imine (C=N–C) groups is 4. The molecule has 0 bridgehead atoms. The standard InChI is InChI=1S/C18H13ClF3N3O.2C10H10N2O3.C8H3ClF3NS.C8H8N2O3.C7H4N2O3.C2H8N2.2C2H6O.ClH/c19-13-5-4-11(9-12(13)18(20,21)22)24-17-25-15-8-10(3-6-16(15)26-17)14-2-1-7-23-14;2*13-10-4-3-7(6-9(10)12(14)15)8-2-1-5-11-8;9-7-2-1-5(13-4-14)3-6(7)8(10,11)12;1-5(9)6-2-3-8(11)7(4-6)10(12)13;1-8-5-2-3-7(10)6(4-5)9(11)12;3-1-2-4;2*1-2-3;/h3-6,8-9H,1-2,7H2,(H,24,25);2*3-4,6,13H,1-2,5H2;1-3H;2-4,9,11H,1H3;2-4,10H;1-4H2;2*3H,2H2,1H3;1H. The molecular formula is C67H69Cl3F6N14O15S. The van der Waals surface area contributed by atoms with Crippen molar-refractivity contribution in [1.82, 2.24) is 4.98 Å². The molecule has 0 radical (unpaired) electrons. The number of aromatic hydroxyl groups is 4. The highest BCUT2D eigenvalue weighted by Gasteiger charge is 2.34. The average molecular weight is 1560 g/mol. The van der Waals surface area contributed by atoms with Gasteiger partial charge in [0.15, 0.2) is 34.3 Å². The highest BCUT2D eigenvalue weighted by molar-refractivity contribution is 7.78. The second-order valence-corrected chi connectivity index (χ2v) is 21.9. The third-order valence-corrected chi connectivity index (χ3v) is 14.1. The van der Waals surface area contributed by atoms with Gasteiger partial charge in [0.2, 0.25) is 0 Å². The molecule has 0 aliphatic carbocycles. The molecule has 4 heterocycles. The second kappa shape index (κ2) is 45.2. The Morgan fingerprint density at radius 3 is 1.40 bits per heavy atom. The zero-order valence-corrected chi connectivity index (χ0v) is 59.3. The number of phenols is 4. The first-order valence-electron chi connectivity index (χ1n) is 30.7. The quantitative estimate of drug-likeness (QED) is 0.0136. The van der Waals surface area contributed by atoms with E-state index >= 15 is 0 Å². The van der Waals surface area contributed by atoms with Crippen LogP contribution in [0.5, 0.6) is 23.0 Å². The topological polar surface area (TPSA) is 462 Å². The van der Waals surface area contributed by atoms with Crippen LogP contribution in [0.4, 0.5) is 72.2 Å². The van der Waals surface area contributed by atoms with Crippen LogP contribution in [0.2, 0.25) is 10.0 Å². The van der Waals surface area contributed by atoms with Crippen LogP contribution in [0.15, 0.2) is 152 Å². The van der Waals surface area contributed by atoms with Gasteiger partial charge in [0, 0.05) is 115 Å². The predicted octanol–water partition coefficient (Wildman–Crippen LogP) is 16.5. The Morgan fingerprint density at radius 2 is 1.01 bits per heavy atom. The van der Waals surface area contributed by atoms with Crippen LogP contribution in [0.25, 0.3) is 15.9 Å². The van der Waals surface area contributed by atoms with Crippen LogP contribution in [0, 0.1) is 52.4 Å². The summed E-state index contributed by atoms with van der Waals surface area (Å²) in [6, 6.07) is 28.6. The first kappa shape index (κ1) is 91.0. The van der Waals surface area contributed by atoms with Gasteiger partial charge in [-0.15, -0.1) is 12.4 Å². The van der Waals surface area contributed by atoms with Gasteiger partial charge in [-0.3, -0.25) is 55.4 Å². The number of isothiocyanates is 1. The molecule has 11 rings (SSSR count). The number of aliphatic hydroxyl groups is 2. The number of hydrogen-bond donors (Lipinski definition) is 10. The number of aromatic nitrogens is 1. The van der Waals surface area contributed by atoms with Crippen molar-refractivity contribution in [3.63, 3.8) is 0 Å². The van der Waals surface area contributed by atoms with Crippen molar-refractivity contribution in [2.24, 2.45) is 31.4 Å². The van der Waals surface area contributed by atoms with Gasteiger partial charge in [0.25, 0.3) is 6.01 Å². The molecule has 0 fully saturated rings. The van der Waals surface area contributed by atoms with E-state index in [4.69, 9.17) is 71.5 Å². The van der Waals surface area contributed by atoms with Gasteiger partial charge in [-0.2, -0.15) is 36.3 Å². The fourth-order valence-corrected chi connectivity index (χ4v) is 9.17. The van der Waals surface area contributed by atoms with Crippen molar-refractivity contribution < 1.29 is 81.1 Å². The number of anilines is 2. The third kappa shape index (κ3) is 29.5. The molecule has 29 nitrogen and oxygen atoms in total. The van der Waals surface area contributed by atoms with E-state index in [9.17, 15) is 77.0 Å². The van der Waals surface area contributed by atoms with Gasteiger partial charge in [-0.25, -0.2) is 4.85 Å². The first-order chi connectivity index (χ1) is 49.6. The van der Waals surface area contributed by atoms with E-state index in [1.54, 1.807) is 32.0 Å². The summed E-state index contributed by atoms with van der Waals surface area (Å²) >= 11 is 15.3. The summed E-state index contributed by atoms with van der Waals surface area (Å²) in [4.78, 5) is 62.9. The molecular weight excluding hydrogens is 1490 g/mol. The van der Waals surface area contributed by atoms with Crippen molar-refractivity contribution in [3.8, 4) is 23.0 Å². The number of oxazole rings is 1. The van der Waals surface area contributed by atoms with E-state index in [0.29, 0.717) is 29.8 Å². The molecule has 1 aromatic heterocycles. The molecule has 0 atom stereocenters. The first-order valence-corrected chi connectivity index (χ1v) is 31.8. The fourth-order valence-electron chi connectivity index (χ4n) is 8.61. The molecule has 39 heteroatoms. The number of thiocarbonyl (C=S) groups is 1. The number of nitrogens with zero attached hydrogens (tertiary/aromatic N) is 10. The minimum Gasteiger partial charge on any atom is -0.502 e. The normalized spacial score (nSPS) is 12.1. The van der Waals surface area contributed by atoms with Gasteiger partial charge < -0.3 is 57.2 Å². The lowest BCUT2D eigenvalue weighted by molar-refractivity contribution is -0.386. The van der Waals surface area contributed by atoms with Gasteiger partial charge in [0.1, 0.15) is 5.52 Å². The number of rotatable bonds is 12. The highest BCUT2D eigenvalue weighted by Crippen LogP contribution is 2.39. The van der Waals surface area contributed by atoms with Crippen LogP contribution in [-0.4, -0.2) is 129 Å². The number of nitrogens with two attached hydrogens (primary N) is 2. The summed E-state index contributed by atoms with van der Waals surface area (Å²) < 4.78 is 81.4. The van der Waals surface area contributed by atoms with E-state index in [1.807, 2.05) is 17.3 Å². The number of halogens is 9. The van der Waals surface area contributed by atoms with Crippen LogP contribution in [0.3, 0.4) is 0 Å². The van der Waals surface area contributed by atoms with Crippen molar-refractivity contribution in [3.05, 3.63) is 223 Å². The molecule has 106 heavy (non-hydrogen) atoms. The Kier molecular flexibility index (Phi) is 38.8. The molecule has 0 unspecified atom stereocenters. The Bertz CT molecular complexity index is 4450. The third-order valence-electron chi connectivity index (χ3n) is 13.4. The van der Waals surface area contributed by atoms with Gasteiger partial charge in [0.05, 0.1) is 58.3 Å². The maximum atomic E-state index is 13.0. The van der Waals surface area contributed by atoms with Crippen LogP contribution >= 0.6 is 47.8 Å². The average Bonchev–Trinajstić information content (AvgIpc) is 1.61. The summed E-state index contributed by atoms with van der Waals surface area (Å²) in [6.45, 7) is 15.5. The number of fused-ring (bicyclic) bond motifs is 1. The number of phenolic OH excluding ortho intramolecular Hbond substituents is 4. The van der Waals surface area contributed by atoms with Crippen LogP contribution < -0.4 is 16.8 Å². The van der Waals surface area contributed by atoms with Gasteiger partial charge in [-0.05, 0) is 174 Å². The summed E-state index contributed by atoms with van der Waals surface area (Å²) in [6.07, 6.45) is -3.37. The van der Waals surface area contributed by atoms with E-state index in [0.717, 1.165) is 122 Å². The minimum absolute atomic E-state index is 0. The zero-order valence-electron chi connectivity index (χ0n) is 56.1. The molecule has 3 aliphatic rings. The number of nitro benzene ring substituents is 4. The summed E-state index contributed by atoms with van der Waals surface area (Å²) in [5.41, 5.74) is 14.1. The maximum Gasteiger partial charge on any atom is 0.417 e. The van der Waals surface area contributed by atoms with Crippen molar-refractivity contribution in [1.29, 1.82) is 5.41 Å². The molecule has 12 N–H and O–H groups in total. The van der Waals surface area contributed by atoms with Crippen LogP contribution in [0.1, 0.15) is 92.7 Å². The molecule has 0 spiro atoms. The van der Waals surface area contributed by atoms with Gasteiger partial charge in [-0.1, -0.05) is 29.3 Å². The molecule has 8 aromatic rings. The van der Waals surface area contributed by atoms with E-state index < -0.39 is 54.6 Å². The second-order valence-electron chi connectivity index (χ2n) is 20.9. The summed E-state index contributed by atoms with van der Waals surface area (Å²) in [5, 5.41) is 105. The molecule has 566 valence electrons. The molecule has 0 amide bonds. The Labute approximate surface area is 621 Å². The Balaban J connectivity index is 0.000000429. The van der Waals surface area contributed by atoms with E-state index in [-0.39, 0.29) is 98.8 Å². The lowest BCUT2D eigenvalue weighted by atomic mass is 10.1. The van der Waals surface area contributed by atoms with Gasteiger partial charge >= 0.3 is 35.1 Å². The lowest BCUT2D eigenvalue weighted by Gasteiger charge is -2.10.